The summed E-state index contributed by atoms with van der Waals surface area (Å²) in [5, 5.41) is 22.0. The summed E-state index contributed by atoms with van der Waals surface area (Å²) in [7, 11) is 0. The maximum atomic E-state index is 10.9. The Morgan fingerprint density at radius 2 is 1.89 bits per heavy atom. The molecule has 0 spiro atoms. The molecular formula is C19H16N6O2S. The van der Waals surface area contributed by atoms with Gasteiger partial charge in [0.05, 0.1) is 10.4 Å². The van der Waals surface area contributed by atoms with Crippen LogP contribution in [0.5, 0.6) is 0 Å². The lowest BCUT2D eigenvalue weighted by atomic mass is 10.2. The highest BCUT2D eigenvalue weighted by atomic mass is 32.2. The summed E-state index contributed by atoms with van der Waals surface area (Å²) in [6.07, 6.45) is 1.55. The van der Waals surface area contributed by atoms with Crippen molar-refractivity contribution in [1.82, 2.24) is 24.7 Å². The van der Waals surface area contributed by atoms with E-state index in [2.05, 4.69) is 26.2 Å². The number of nitrogens with zero attached hydrogens (tertiary/aromatic N) is 6. The Morgan fingerprint density at radius 3 is 2.61 bits per heavy atom. The maximum absolute atomic E-state index is 10.9. The maximum Gasteiger partial charge on any atom is 0.269 e. The molecule has 2 heterocycles. The molecule has 2 aromatic carbocycles. The standard InChI is InChI=1S/C19H16N6O2S/c1-3-24-17(13-5-7-14(8-6-13)25(26)27)22-23-19(24)28-18-15-10-12(2)4-9-16(15)20-11-21-18/h4-11H,3H2,1-2H3. The van der Waals surface area contributed by atoms with Gasteiger partial charge >= 0.3 is 0 Å². The number of nitro benzene ring substituents is 1. The summed E-state index contributed by atoms with van der Waals surface area (Å²) in [6, 6.07) is 12.4. The Bertz CT molecular complexity index is 1170. The molecule has 9 heteroatoms. The Hall–Kier alpha value is -3.33. The van der Waals surface area contributed by atoms with Gasteiger partial charge in [0.2, 0.25) is 0 Å². The minimum Gasteiger partial charge on any atom is -0.302 e. The summed E-state index contributed by atoms with van der Waals surface area (Å²) >= 11 is 1.43. The van der Waals surface area contributed by atoms with E-state index in [4.69, 9.17) is 0 Å². The van der Waals surface area contributed by atoms with E-state index < -0.39 is 4.92 Å². The van der Waals surface area contributed by atoms with E-state index in [1.54, 1.807) is 18.5 Å². The highest BCUT2D eigenvalue weighted by Crippen LogP contribution is 2.32. The number of hydrogen-bond donors (Lipinski definition) is 0. The van der Waals surface area contributed by atoms with Gasteiger partial charge < -0.3 is 4.57 Å². The zero-order chi connectivity index (χ0) is 19.7. The summed E-state index contributed by atoms with van der Waals surface area (Å²) in [5.41, 5.74) is 2.83. The summed E-state index contributed by atoms with van der Waals surface area (Å²) < 4.78 is 1.97. The predicted octanol–water partition coefficient (Wildman–Crippen LogP) is 4.28. The van der Waals surface area contributed by atoms with Crippen LogP contribution in [0.15, 0.2) is 59.0 Å². The lowest BCUT2D eigenvalue weighted by Gasteiger charge is -2.08. The van der Waals surface area contributed by atoms with Crippen LogP contribution < -0.4 is 0 Å². The van der Waals surface area contributed by atoms with Crippen molar-refractivity contribution >= 4 is 28.4 Å². The highest BCUT2D eigenvalue weighted by Gasteiger charge is 2.17. The third-order valence-electron chi connectivity index (χ3n) is 4.31. The third-order valence-corrected chi connectivity index (χ3v) is 5.31. The molecule has 8 nitrogen and oxygen atoms in total. The molecule has 0 aliphatic carbocycles. The molecule has 0 saturated carbocycles. The van der Waals surface area contributed by atoms with Gasteiger partial charge in [0.25, 0.3) is 5.69 Å². The molecule has 0 amide bonds. The molecule has 0 atom stereocenters. The highest BCUT2D eigenvalue weighted by molar-refractivity contribution is 7.99. The second-order valence-electron chi connectivity index (χ2n) is 6.16. The van der Waals surface area contributed by atoms with E-state index in [0.717, 1.165) is 27.1 Å². The Balaban J connectivity index is 1.72. The SMILES string of the molecule is CCn1c(Sc2ncnc3ccc(C)cc23)nnc1-c1ccc([N+](=O)[O-])cc1. The number of nitro groups is 1. The lowest BCUT2D eigenvalue weighted by molar-refractivity contribution is -0.384. The van der Waals surface area contributed by atoms with Crippen molar-refractivity contribution in [3.8, 4) is 11.4 Å². The smallest absolute Gasteiger partial charge is 0.269 e. The van der Waals surface area contributed by atoms with Crippen LogP contribution in [0.3, 0.4) is 0 Å². The number of hydrogen-bond acceptors (Lipinski definition) is 7. The van der Waals surface area contributed by atoms with Crippen LogP contribution in [0.2, 0.25) is 0 Å². The fraction of sp³-hybridized carbons (Fsp3) is 0.158. The van der Waals surface area contributed by atoms with Gasteiger partial charge in [-0.3, -0.25) is 10.1 Å². The van der Waals surface area contributed by atoms with Crippen molar-refractivity contribution in [1.29, 1.82) is 0 Å². The number of aromatic nitrogens is 5. The Labute approximate surface area is 164 Å². The Morgan fingerprint density at radius 1 is 1.11 bits per heavy atom. The zero-order valence-corrected chi connectivity index (χ0v) is 16.1. The quantitative estimate of drug-likeness (QED) is 0.284. The Kier molecular flexibility index (Phi) is 4.74. The largest absolute Gasteiger partial charge is 0.302 e. The topological polar surface area (TPSA) is 99.6 Å². The van der Waals surface area contributed by atoms with Crippen molar-refractivity contribution < 1.29 is 4.92 Å². The molecule has 0 fully saturated rings. The monoisotopic (exact) mass is 392 g/mol. The number of benzene rings is 2. The van der Waals surface area contributed by atoms with Gasteiger partial charge in [-0.05, 0) is 49.9 Å². The molecule has 0 radical (unpaired) electrons. The second kappa shape index (κ2) is 7.35. The molecule has 0 aliphatic heterocycles. The fourth-order valence-electron chi connectivity index (χ4n) is 2.91. The van der Waals surface area contributed by atoms with Gasteiger partial charge in [-0.2, -0.15) is 0 Å². The van der Waals surface area contributed by atoms with Crippen molar-refractivity contribution in [3.05, 3.63) is 64.5 Å². The van der Waals surface area contributed by atoms with Crippen molar-refractivity contribution in [2.24, 2.45) is 0 Å². The van der Waals surface area contributed by atoms with Crippen molar-refractivity contribution in [2.45, 2.75) is 30.6 Å². The molecule has 0 aliphatic rings. The number of fused-ring (bicyclic) bond motifs is 1. The minimum atomic E-state index is -0.419. The summed E-state index contributed by atoms with van der Waals surface area (Å²) in [5.74, 6) is 0.662. The first-order valence-corrected chi connectivity index (χ1v) is 9.45. The van der Waals surface area contributed by atoms with E-state index in [1.807, 2.05) is 30.5 Å². The van der Waals surface area contributed by atoms with Crippen LogP contribution in [-0.4, -0.2) is 29.7 Å². The first-order valence-electron chi connectivity index (χ1n) is 8.64. The molecule has 0 saturated heterocycles. The van der Waals surface area contributed by atoms with Crippen LogP contribution >= 0.6 is 11.8 Å². The molecule has 28 heavy (non-hydrogen) atoms. The molecule has 4 rings (SSSR count). The number of rotatable bonds is 5. The van der Waals surface area contributed by atoms with Crippen LogP contribution in [0.1, 0.15) is 12.5 Å². The van der Waals surface area contributed by atoms with Gasteiger partial charge in [0.15, 0.2) is 11.0 Å². The van der Waals surface area contributed by atoms with Crippen LogP contribution in [0.25, 0.3) is 22.3 Å². The molecule has 0 unspecified atom stereocenters. The van der Waals surface area contributed by atoms with Gasteiger partial charge in [-0.1, -0.05) is 11.6 Å². The molecular weight excluding hydrogens is 376 g/mol. The van der Waals surface area contributed by atoms with E-state index in [1.165, 1.54) is 23.9 Å². The predicted molar refractivity (Wildman–Crippen MR) is 106 cm³/mol. The van der Waals surface area contributed by atoms with E-state index >= 15 is 0 Å². The second-order valence-corrected chi connectivity index (χ2v) is 7.11. The minimum absolute atomic E-state index is 0.0451. The van der Waals surface area contributed by atoms with E-state index in [-0.39, 0.29) is 5.69 Å². The lowest BCUT2D eigenvalue weighted by Crippen LogP contribution is -2.00. The summed E-state index contributed by atoms with van der Waals surface area (Å²) in [4.78, 5) is 19.2. The van der Waals surface area contributed by atoms with Crippen LogP contribution in [-0.2, 0) is 6.54 Å². The first kappa shape index (κ1) is 18.1. The number of aryl methyl sites for hydroxylation is 1. The summed E-state index contributed by atoms with van der Waals surface area (Å²) in [6.45, 7) is 4.69. The van der Waals surface area contributed by atoms with Crippen LogP contribution in [0, 0.1) is 17.0 Å². The average molecular weight is 392 g/mol. The molecule has 4 aromatic rings. The zero-order valence-electron chi connectivity index (χ0n) is 15.2. The van der Waals surface area contributed by atoms with E-state index in [9.17, 15) is 10.1 Å². The van der Waals surface area contributed by atoms with Gasteiger partial charge in [-0.25, -0.2) is 9.97 Å². The molecule has 0 bridgehead atoms. The normalized spacial score (nSPS) is 11.1. The molecule has 2 aromatic heterocycles. The van der Waals surface area contributed by atoms with Crippen molar-refractivity contribution in [3.63, 3.8) is 0 Å². The average Bonchev–Trinajstić information content (AvgIpc) is 3.11. The van der Waals surface area contributed by atoms with Gasteiger partial charge in [0.1, 0.15) is 11.4 Å². The van der Waals surface area contributed by atoms with Crippen LogP contribution in [0.4, 0.5) is 5.69 Å². The van der Waals surface area contributed by atoms with Gasteiger partial charge in [0, 0.05) is 29.6 Å². The molecule has 140 valence electrons. The van der Waals surface area contributed by atoms with Crippen molar-refractivity contribution in [2.75, 3.05) is 0 Å². The molecule has 0 N–H and O–H groups in total. The van der Waals surface area contributed by atoms with Gasteiger partial charge in [-0.15, -0.1) is 10.2 Å². The first-order chi connectivity index (χ1) is 13.6. The fourth-order valence-corrected chi connectivity index (χ4v) is 3.86. The number of non-ortho nitro benzene ring substituents is 1. The third kappa shape index (κ3) is 3.31. The van der Waals surface area contributed by atoms with E-state index in [0.29, 0.717) is 17.5 Å².